The number of aromatic nitrogens is 1. The highest BCUT2D eigenvalue weighted by Gasteiger charge is 2.43. The third-order valence-corrected chi connectivity index (χ3v) is 4.10. The molecule has 1 aromatic carbocycles. The first kappa shape index (κ1) is 11.4. The van der Waals surface area contributed by atoms with E-state index in [1.165, 1.54) is 5.56 Å². The van der Waals surface area contributed by atoms with E-state index in [0.29, 0.717) is 13.2 Å². The summed E-state index contributed by atoms with van der Waals surface area (Å²) in [6.07, 6.45) is 0. The van der Waals surface area contributed by atoms with Gasteiger partial charge in [0.1, 0.15) is 10.4 Å². The number of aryl methyl sites for hydroxylation is 1. The number of benzene rings is 1. The molecule has 1 saturated heterocycles. The fourth-order valence-corrected chi connectivity index (χ4v) is 2.82. The second-order valence-corrected chi connectivity index (χ2v) is 5.45. The molecule has 3 nitrogen and oxygen atoms in total. The largest absolute Gasteiger partial charge is 0.377 e. The number of hydrogen-bond acceptors (Lipinski definition) is 4. The van der Waals surface area contributed by atoms with Gasteiger partial charge in [0.05, 0.1) is 25.0 Å². The van der Waals surface area contributed by atoms with E-state index in [9.17, 15) is 5.26 Å². The van der Waals surface area contributed by atoms with Gasteiger partial charge >= 0.3 is 0 Å². The van der Waals surface area contributed by atoms with Crippen molar-refractivity contribution in [3.05, 3.63) is 40.9 Å². The maximum absolute atomic E-state index is 9.24. The lowest BCUT2D eigenvalue weighted by atomic mass is 9.85. The predicted octanol–water partition coefficient (Wildman–Crippen LogP) is 2.91. The van der Waals surface area contributed by atoms with Crippen LogP contribution in [-0.4, -0.2) is 18.2 Å². The molecule has 0 radical (unpaired) electrons. The molecule has 0 amide bonds. The molecule has 1 aliphatic rings. The number of ether oxygens (including phenoxy) is 1. The third-order valence-electron chi connectivity index (χ3n) is 3.20. The Labute approximate surface area is 110 Å². The van der Waals surface area contributed by atoms with Crippen molar-refractivity contribution in [1.29, 1.82) is 5.26 Å². The predicted molar refractivity (Wildman–Crippen MR) is 70.4 cm³/mol. The molecule has 0 N–H and O–H groups in total. The lowest BCUT2D eigenvalue weighted by molar-refractivity contribution is -0.0314. The van der Waals surface area contributed by atoms with Gasteiger partial charge < -0.3 is 4.74 Å². The Balaban J connectivity index is 1.95. The van der Waals surface area contributed by atoms with E-state index in [-0.39, 0.29) is 0 Å². The van der Waals surface area contributed by atoms with E-state index in [1.807, 2.05) is 5.38 Å². The van der Waals surface area contributed by atoms with Crippen molar-refractivity contribution < 1.29 is 4.74 Å². The van der Waals surface area contributed by atoms with Crippen LogP contribution in [0.2, 0.25) is 0 Å². The van der Waals surface area contributed by atoms with Gasteiger partial charge in [0.25, 0.3) is 0 Å². The van der Waals surface area contributed by atoms with Gasteiger partial charge in [0, 0.05) is 10.9 Å². The van der Waals surface area contributed by atoms with Crippen molar-refractivity contribution >= 4 is 11.3 Å². The van der Waals surface area contributed by atoms with Crippen LogP contribution in [0.4, 0.5) is 0 Å². The minimum atomic E-state index is -0.514. The molecule has 1 aliphatic heterocycles. The fourth-order valence-electron chi connectivity index (χ4n) is 1.90. The van der Waals surface area contributed by atoms with Gasteiger partial charge in [0.2, 0.25) is 0 Å². The third kappa shape index (κ3) is 1.72. The maximum Gasteiger partial charge on any atom is 0.146 e. The first-order valence-electron chi connectivity index (χ1n) is 5.76. The zero-order chi connectivity index (χ0) is 12.6. The molecular weight excluding hydrogens is 244 g/mol. The van der Waals surface area contributed by atoms with Crippen LogP contribution >= 0.6 is 11.3 Å². The second-order valence-electron chi connectivity index (χ2n) is 4.59. The molecule has 0 atom stereocenters. The highest BCUT2D eigenvalue weighted by Crippen LogP contribution is 2.34. The van der Waals surface area contributed by atoms with E-state index in [2.05, 4.69) is 42.2 Å². The molecule has 0 unspecified atom stereocenters. The van der Waals surface area contributed by atoms with Gasteiger partial charge in [-0.05, 0) is 6.92 Å². The fraction of sp³-hybridized carbons (Fsp3) is 0.286. The Bertz CT molecular complexity index is 605. The summed E-state index contributed by atoms with van der Waals surface area (Å²) in [5.41, 5.74) is 2.66. The van der Waals surface area contributed by atoms with Crippen molar-refractivity contribution in [3.8, 4) is 16.6 Å². The van der Waals surface area contributed by atoms with Gasteiger partial charge in [-0.15, -0.1) is 11.3 Å². The molecule has 1 aromatic heterocycles. The van der Waals surface area contributed by atoms with Gasteiger partial charge in [-0.3, -0.25) is 0 Å². The molecule has 90 valence electrons. The molecule has 18 heavy (non-hydrogen) atoms. The van der Waals surface area contributed by atoms with Crippen LogP contribution in [0.3, 0.4) is 0 Å². The average molecular weight is 256 g/mol. The number of thiazole rings is 1. The van der Waals surface area contributed by atoms with Crippen LogP contribution in [-0.2, 0) is 10.2 Å². The molecule has 0 spiro atoms. The second kappa shape index (κ2) is 4.20. The van der Waals surface area contributed by atoms with Crippen LogP contribution in [0, 0.1) is 18.3 Å². The quantitative estimate of drug-likeness (QED) is 0.830. The van der Waals surface area contributed by atoms with Gasteiger partial charge in [-0.2, -0.15) is 5.26 Å². The monoisotopic (exact) mass is 256 g/mol. The van der Waals surface area contributed by atoms with E-state index >= 15 is 0 Å². The van der Waals surface area contributed by atoms with E-state index in [0.717, 1.165) is 16.3 Å². The summed E-state index contributed by atoms with van der Waals surface area (Å²) in [5, 5.41) is 12.2. The number of nitrogens with zero attached hydrogens (tertiary/aromatic N) is 2. The van der Waals surface area contributed by atoms with Crippen LogP contribution in [0.5, 0.6) is 0 Å². The number of hydrogen-bond donors (Lipinski definition) is 0. The van der Waals surface area contributed by atoms with E-state index < -0.39 is 5.41 Å². The molecule has 3 rings (SSSR count). The summed E-state index contributed by atoms with van der Waals surface area (Å²) < 4.78 is 5.16. The Kier molecular flexibility index (Phi) is 2.66. The summed E-state index contributed by atoms with van der Waals surface area (Å²) >= 11 is 1.58. The Morgan fingerprint density at radius 1 is 1.33 bits per heavy atom. The van der Waals surface area contributed by atoms with Crippen LogP contribution in [0.25, 0.3) is 10.6 Å². The Morgan fingerprint density at radius 2 is 2.06 bits per heavy atom. The summed E-state index contributed by atoms with van der Waals surface area (Å²) in [6, 6.07) is 10.6. The lowest BCUT2D eigenvalue weighted by Gasteiger charge is -2.33. The van der Waals surface area contributed by atoms with Gasteiger partial charge in [-0.1, -0.05) is 29.8 Å². The minimum absolute atomic E-state index is 0.459. The molecule has 0 saturated carbocycles. The zero-order valence-corrected chi connectivity index (χ0v) is 10.8. The average Bonchev–Trinajstić information content (AvgIpc) is 2.79. The zero-order valence-electron chi connectivity index (χ0n) is 10.0. The highest BCUT2D eigenvalue weighted by molar-refractivity contribution is 7.13. The summed E-state index contributed by atoms with van der Waals surface area (Å²) in [4.78, 5) is 4.59. The van der Waals surface area contributed by atoms with E-state index in [1.54, 1.807) is 11.3 Å². The summed E-state index contributed by atoms with van der Waals surface area (Å²) in [6.45, 7) is 2.98. The molecule has 2 aromatic rings. The number of rotatable bonds is 2. The van der Waals surface area contributed by atoms with E-state index in [4.69, 9.17) is 4.74 Å². The Morgan fingerprint density at radius 3 is 2.61 bits per heavy atom. The first-order valence-corrected chi connectivity index (χ1v) is 6.63. The standard InChI is InChI=1S/C14H12N2OS/c1-10-2-4-11(5-3-10)13-16-12(6-18-13)14(7-15)8-17-9-14/h2-6H,8-9H2,1H3. The van der Waals surface area contributed by atoms with Crippen molar-refractivity contribution in [2.45, 2.75) is 12.3 Å². The molecule has 2 heterocycles. The van der Waals surface area contributed by atoms with Crippen molar-refractivity contribution in [2.75, 3.05) is 13.2 Å². The Hall–Kier alpha value is -1.70. The molecular formula is C14H12N2OS. The lowest BCUT2D eigenvalue weighted by Crippen LogP contribution is -2.45. The molecule has 0 aliphatic carbocycles. The van der Waals surface area contributed by atoms with Crippen LogP contribution in [0.15, 0.2) is 29.6 Å². The van der Waals surface area contributed by atoms with Gasteiger partial charge in [-0.25, -0.2) is 4.98 Å². The minimum Gasteiger partial charge on any atom is -0.377 e. The molecule has 1 fully saturated rings. The van der Waals surface area contributed by atoms with Crippen LogP contribution in [0.1, 0.15) is 11.3 Å². The summed E-state index contributed by atoms with van der Waals surface area (Å²) in [7, 11) is 0. The molecule has 0 bridgehead atoms. The van der Waals surface area contributed by atoms with Crippen LogP contribution < -0.4 is 0 Å². The van der Waals surface area contributed by atoms with Crippen molar-refractivity contribution in [2.24, 2.45) is 0 Å². The highest BCUT2D eigenvalue weighted by atomic mass is 32.1. The van der Waals surface area contributed by atoms with Gasteiger partial charge in [0.15, 0.2) is 0 Å². The van der Waals surface area contributed by atoms with Crippen molar-refractivity contribution in [1.82, 2.24) is 4.98 Å². The normalized spacial score (nSPS) is 16.9. The topological polar surface area (TPSA) is 45.9 Å². The SMILES string of the molecule is Cc1ccc(-c2nc(C3(C#N)COC3)cs2)cc1. The first-order chi connectivity index (χ1) is 8.73. The molecule has 4 heteroatoms. The number of nitriles is 1. The van der Waals surface area contributed by atoms with Crippen molar-refractivity contribution in [3.63, 3.8) is 0 Å². The summed E-state index contributed by atoms with van der Waals surface area (Å²) in [5.74, 6) is 0. The smallest absolute Gasteiger partial charge is 0.146 e. The maximum atomic E-state index is 9.24.